The fourth-order valence-electron chi connectivity index (χ4n) is 4.87. The van der Waals surface area contributed by atoms with Gasteiger partial charge in [0.05, 0.1) is 16.6 Å². The summed E-state index contributed by atoms with van der Waals surface area (Å²) >= 11 is 0. The van der Waals surface area contributed by atoms with Crippen molar-refractivity contribution in [2.24, 2.45) is 0 Å². The Morgan fingerprint density at radius 3 is 2.28 bits per heavy atom. The van der Waals surface area contributed by atoms with Crippen LogP contribution < -0.4 is 14.4 Å². The lowest BCUT2D eigenvalue weighted by Crippen LogP contribution is -2.47. The summed E-state index contributed by atoms with van der Waals surface area (Å²) in [6, 6.07) is 23.0. The van der Waals surface area contributed by atoms with E-state index in [0.29, 0.717) is 18.5 Å². The third-order valence-electron chi connectivity index (χ3n) is 7.08. The summed E-state index contributed by atoms with van der Waals surface area (Å²) in [4.78, 5) is 13.7. The van der Waals surface area contributed by atoms with E-state index < -0.39 is 10.0 Å². The molecule has 6 nitrogen and oxygen atoms in total. The molecule has 3 aromatic carbocycles. The van der Waals surface area contributed by atoms with Crippen LogP contribution in [0.5, 0.6) is 5.75 Å². The minimum Gasteiger partial charge on any atom is -0.487 e. The van der Waals surface area contributed by atoms with Crippen LogP contribution in [-0.2, 0) is 21.2 Å². The molecule has 1 aliphatic heterocycles. The van der Waals surface area contributed by atoms with Gasteiger partial charge < -0.3 is 10.1 Å². The molecule has 0 aromatic heterocycles. The van der Waals surface area contributed by atoms with Crippen molar-refractivity contribution >= 4 is 21.6 Å². The number of carbonyl (C=O) groups is 1. The van der Waals surface area contributed by atoms with Gasteiger partial charge >= 0.3 is 0 Å². The van der Waals surface area contributed by atoms with Crippen LogP contribution in [0, 0.1) is 0 Å². The second-order valence-corrected chi connectivity index (χ2v) is 11.0. The van der Waals surface area contributed by atoms with E-state index in [1.54, 1.807) is 42.5 Å². The second kappa shape index (κ2) is 10.7. The number of aryl methyl sites for hydroxylation is 1. The first-order chi connectivity index (χ1) is 17.3. The van der Waals surface area contributed by atoms with Crippen molar-refractivity contribution in [2.45, 2.75) is 63.0 Å². The number of sulfonamides is 1. The van der Waals surface area contributed by atoms with E-state index in [0.717, 1.165) is 29.7 Å². The number of amides is 1. The van der Waals surface area contributed by atoms with E-state index in [2.05, 4.69) is 19.2 Å². The largest absolute Gasteiger partial charge is 0.487 e. The summed E-state index contributed by atoms with van der Waals surface area (Å²) in [5.74, 6) is 0.408. The number of fused-ring (bicyclic) bond motifs is 1. The van der Waals surface area contributed by atoms with E-state index in [4.69, 9.17) is 4.74 Å². The highest BCUT2D eigenvalue weighted by Gasteiger charge is 2.39. The first-order valence-electron chi connectivity index (χ1n) is 12.6. The van der Waals surface area contributed by atoms with Crippen molar-refractivity contribution in [3.8, 4) is 5.75 Å². The molecular formula is C29H34N2O4S. The molecule has 0 radical (unpaired) electrons. The summed E-state index contributed by atoms with van der Waals surface area (Å²) in [6.45, 7) is 5.83. The summed E-state index contributed by atoms with van der Waals surface area (Å²) < 4.78 is 35.1. The molecule has 0 spiro atoms. The third kappa shape index (κ3) is 5.12. The van der Waals surface area contributed by atoms with Crippen LogP contribution in [0.25, 0.3) is 0 Å². The van der Waals surface area contributed by atoms with E-state index in [-0.39, 0.29) is 29.0 Å². The van der Waals surface area contributed by atoms with Crippen LogP contribution >= 0.6 is 0 Å². The van der Waals surface area contributed by atoms with Crippen molar-refractivity contribution in [1.29, 1.82) is 0 Å². The van der Waals surface area contributed by atoms with Gasteiger partial charge in [-0.15, -0.1) is 0 Å². The summed E-state index contributed by atoms with van der Waals surface area (Å²) in [7, 11) is -3.97. The number of carbonyl (C=O) groups excluding carboxylic acids is 1. The predicted molar refractivity (Wildman–Crippen MR) is 143 cm³/mol. The molecule has 1 aliphatic rings. The summed E-state index contributed by atoms with van der Waals surface area (Å²) in [6.07, 6.45) is 2.88. The molecule has 7 heteroatoms. The van der Waals surface area contributed by atoms with Gasteiger partial charge in [0.25, 0.3) is 10.0 Å². The van der Waals surface area contributed by atoms with Gasteiger partial charge in [-0.1, -0.05) is 75.4 Å². The molecule has 36 heavy (non-hydrogen) atoms. The van der Waals surface area contributed by atoms with Gasteiger partial charge in [0.1, 0.15) is 17.9 Å². The van der Waals surface area contributed by atoms with Gasteiger partial charge in [-0.05, 0) is 49.1 Å². The van der Waals surface area contributed by atoms with Crippen LogP contribution in [0.4, 0.5) is 5.69 Å². The monoisotopic (exact) mass is 506 g/mol. The Kier molecular flexibility index (Phi) is 7.69. The molecule has 0 aliphatic carbocycles. The highest BCUT2D eigenvalue weighted by Crippen LogP contribution is 2.42. The number of rotatable bonds is 9. The Bertz CT molecular complexity index is 1300. The van der Waals surface area contributed by atoms with Gasteiger partial charge in [-0.25, -0.2) is 8.42 Å². The van der Waals surface area contributed by atoms with Crippen LogP contribution in [0.2, 0.25) is 0 Å². The number of nitrogens with zero attached hydrogens (tertiary/aromatic N) is 1. The Labute approximate surface area is 214 Å². The van der Waals surface area contributed by atoms with Crippen molar-refractivity contribution in [2.75, 3.05) is 10.8 Å². The predicted octanol–water partition coefficient (Wildman–Crippen LogP) is 5.64. The van der Waals surface area contributed by atoms with E-state index >= 15 is 0 Å². The Balaban J connectivity index is 1.68. The molecule has 1 N–H and O–H groups in total. The Hall–Kier alpha value is -3.32. The fourth-order valence-corrected chi connectivity index (χ4v) is 6.35. The summed E-state index contributed by atoms with van der Waals surface area (Å²) in [5, 5.41) is 3.13. The number of anilines is 1. The van der Waals surface area contributed by atoms with Crippen molar-refractivity contribution < 1.29 is 17.9 Å². The lowest BCUT2D eigenvalue weighted by Gasteiger charge is -2.41. The van der Waals surface area contributed by atoms with Crippen LogP contribution in [-0.4, -0.2) is 26.5 Å². The lowest BCUT2D eigenvalue weighted by atomic mass is 9.83. The second-order valence-electron chi connectivity index (χ2n) is 9.16. The number of para-hydroxylation sites is 2. The molecule has 1 unspecified atom stereocenters. The van der Waals surface area contributed by atoms with Crippen molar-refractivity contribution in [1.82, 2.24) is 5.32 Å². The molecule has 3 aromatic rings. The number of benzene rings is 3. The zero-order chi connectivity index (χ0) is 25.8. The van der Waals surface area contributed by atoms with Crippen LogP contribution in [0.3, 0.4) is 0 Å². The molecule has 1 heterocycles. The van der Waals surface area contributed by atoms with Crippen molar-refractivity contribution in [3.05, 3.63) is 90.0 Å². The standard InChI is InChI=1S/C29H34N2O4S/c1-4-22-14-10-12-18-26(22)31(36(33,34)23-15-8-7-9-16-23)21-28(32)30-25-20-29(5-2,6-3)35-27-19-13-11-17-24(25)27/h7-19,25H,4-6,20-21H2,1-3H3,(H,30,32). The van der Waals surface area contributed by atoms with E-state index in [1.165, 1.54) is 4.31 Å². The van der Waals surface area contributed by atoms with Gasteiger partial charge in [-0.2, -0.15) is 0 Å². The quantitative estimate of drug-likeness (QED) is 0.407. The maximum Gasteiger partial charge on any atom is 0.264 e. The minimum absolute atomic E-state index is 0.149. The zero-order valence-electron chi connectivity index (χ0n) is 21.1. The minimum atomic E-state index is -3.97. The fraction of sp³-hybridized carbons (Fsp3) is 0.345. The number of hydrogen-bond acceptors (Lipinski definition) is 4. The molecule has 0 saturated heterocycles. The van der Waals surface area contributed by atoms with Crippen LogP contribution in [0.15, 0.2) is 83.8 Å². The Morgan fingerprint density at radius 1 is 0.944 bits per heavy atom. The zero-order valence-corrected chi connectivity index (χ0v) is 21.9. The molecule has 0 bridgehead atoms. The first kappa shape index (κ1) is 25.8. The average molecular weight is 507 g/mol. The smallest absolute Gasteiger partial charge is 0.264 e. The highest BCUT2D eigenvalue weighted by atomic mass is 32.2. The van der Waals surface area contributed by atoms with E-state index in [1.807, 2.05) is 43.3 Å². The van der Waals surface area contributed by atoms with Gasteiger partial charge in [0.15, 0.2) is 0 Å². The van der Waals surface area contributed by atoms with Crippen LogP contribution in [0.1, 0.15) is 57.2 Å². The molecular weight excluding hydrogens is 472 g/mol. The third-order valence-corrected chi connectivity index (χ3v) is 8.85. The first-order valence-corrected chi connectivity index (χ1v) is 14.0. The van der Waals surface area contributed by atoms with Gasteiger partial charge in [0, 0.05) is 12.0 Å². The number of hydrogen-bond donors (Lipinski definition) is 1. The maximum absolute atomic E-state index is 13.7. The average Bonchev–Trinajstić information content (AvgIpc) is 2.92. The normalized spacial score (nSPS) is 16.5. The molecule has 190 valence electrons. The SMILES string of the molecule is CCc1ccccc1N(CC(=O)NC1CC(CC)(CC)Oc2ccccc21)S(=O)(=O)c1ccccc1. The highest BCUT2D eigenvalue weighted by molar-refractivity contribution is 7.92. The molecule has 0 fully saturated rings. The molecule has 1 atom stereocenters. The lowest BCUT2D eigenvalue weighted by molar-refractivity contribution is -0.121. The maximum atomic E-state index is 13.7. The number of ether oxygens (including phenoxy) is 1. The topological polar surface area (TPSA) is 75.7 Å². The van der Waals surface area contributed by atoms with Crippen molar-refractivity contribution in [3.63, 3.8) is 0 Å². The molecule has 1 amide bonds. The van der Waals surface area contributed by atoms with Gasteiger partial charge in [-0.3, -0.25) is 9.10 Å². The Morgan fingerprint density at radius 2 is 1.58 bits per heavy atom. The summed E-state index contributed by atoms with van der Waals surface area (Å²) in [5.41, 5.74) is 1.91. The van der Waals surface area contributed by atoms with E-state index in [9.17, 15) is 13.2 Å². The number of nitrogens with one attached hydrogen (secondary N) is 1. The molecule has 0 saturated carbocycles. The molecule has 4 rings (SSSR count). The van der Waals surface area contributed by atoms with Gasteiger partial charge in [0.2, 0.25) is 5.91 Å².